The molecule has 2 fully saturated rings. The Morgan fingerprint density at radius 2 is 1.95 bits per heavy atom. The third-order valence-corrected chi connectivity index (χ3v) is 5.42. The van der Waals surface area contributed by atoms with E-state index in [2.05, 4.69) is 9.97 Å². The van der Waals surface area contributed by atoms with Gasteiger partial charge in [0.05, 0.1) is 6.42 Å². The molecule has 0 unspecified atom stereocenters. The molecule has 1 aromatic rings. The minimum absolute atomic E-state index is 0.170. The fourth-order valence-electron chi connectivity index (χ4n) is 4.11. The van der Waals surface area contributed by atoms with Crippen molar-refractivity contribution in [3.8, 4) is 0 Å². The predicted molar refractivity (Wildman–Crippen MR) is 84.7 cm³/mol. The summed E-state index contributed by atoms with van der Waals surface area (Å²) in [6, 6.07) is 0. The van der Waals surface area contributed by atoms with Crippen molar-refractivity contribution in [1.82, 2.24) is 14.9 Å². The Morgan fingerprint density at radius 1 is 1.23 bits per heavy atom. The number of amides is 1. The molecule has 2 heterocycles. The van der Waals surface area contributed by atoms with Crippen LogP contribution in [0.4, 0.5) is 0 Å². The third kappa shape index (κ3) is 3.08. The topological polar surface area (TPSA) is 66.1 Å². The van der Waals surface area contributed by atoms with Crippen LogP contribution in [-0.2, 0) is 11.2 Å². The number of H-pyrrole nitrogens is 1. The summed E-state index contributed by atoms with van der Waals surface area (Å²) in [6.45, 7) is 5.44. The maximum Gasteiger partial charge on any atom is 0.345 e. The second-order valence-electron chi connectivity index (χ2n) is 6.84. The summed E-state index contributed by atoms with van der Waals surface area (Å²) in [6.07, 6.45) is 6.78. The number of piperidine rings is 1. The number of fused-ring (bicyclic) bond motifs is 1. The van der Waals surface area contributed by atoms with Crippen molar-refractivity contribution in [1.29, 1.82) is 0 Å². The Bertz CT molecular complexity index is 597. The second-order valence-corrected chi connectivity index (χ2v) is 6.84. The van der Waals surface area contributed by atoms with Crippen LogP contribution in [0.25, 0.3) is 0 Å². The van der Waals surface area contributed by atoms with Crippen molar-refractivity contribution in [2.75, 3.05) is 13.1 Å². The molecular weight excluding hydrogens is 278 g/mol. The number of likely N-dealkylation sites (tertiary alicyclic amines) is 1. The molecule has 3 rings (SSSR count). The number of nitrogens with one attached hydrogen (secondary N) is 1. The molecule has 1 saturated carbocycles. The molecule has 0 bridgehead atoms. The summed E-state index contributed by atoms with van der Waals surface area (Å²) >= 11 is 0. The van der Waals surface area contributed by atoms with E-state index >= 15 is 0 Å². The highest BCUT2D eigenvalue weighted by atomic mass is 16.2. The first-order valence-corrected chi connectivity index (χ1v) is 8.38. The molecule has 120 valence electrons. The highest BCUT2D eigenvalue weighted by Crippen LogP contribution is 2.36. The quantitative estimate of drug-likeness (QED) is 0.908. The van der Waals surface area contributed by atoms with Crippen LogP contribution in [0.1, 0.15) is 49.1 Å². The van der Waals surface area contributed by atoms with Crippen molar-refractivity contribution in [2.45, 2.75) is 52.4 Å². The van der Waals surface area contributed by atoms with Crippen LogP contribution in [0.5, 0.6) is 0 Å². The molecule has 1 aliphatic heterocycles. The van der Waals surface area contributed by atoms with E-state index in [9.17, 15) is 9.59 Å². The third-order valence-electron chi connectivity index (χ3n) is 5.42. The molecule has 1 amide bonds. The Balaban J connectivity index is 1.69. The van der Waals surface area contributed by atoms with Gasteiger partial charge in [0.1, 0.15) is 0 Å². The summed E-state index contributed by atoms with van der Waals surface area (Å²) in [5, 5.41) is 0. The molecule has 1 saturated heterocycles. The highest BCUT2D eigenvalue weighted by molar-refractivity contribution is 5.79. The number of carbonyl (C=O) groups excluding carboxylic acids is 1. The van der Waals surface area contributed by atoms with E-state index in [1.165, 1.54) is 25.7 Å². The van der Waals surface area contributed by atoms with Crippen LogP contribution < -0.4 is 5.69 Å². The van der Waals surface area contributed by atoms with Gasteiger partial charge < -0.3 is 9.88 Å². The standard InChI is InChI=1S/C17H25N3O2/c1-11-15(12(2)19-17(22)18-11)9-16(21)20-8-7-13-5-3-4-6-14(13)10-20/h13-14H,3-10H2,1-2H3,(H,18,19,22)/t13-,14+/m0/s1. The Kier molecular flexibility index (Phi) is 4.32. The molecule has 1 aromatic heterocycles. The largest absolute Gasteiger partial charge is 0.345 e. The van der Waals surface area contributed by atoms with Crippen LogP contribution in [0, 0.1) is 25.7 Å². The first-order chi connectivity index (χ1) is 10.5. The number of aryl methyl sites for hydroxylation is 2. The van der Waals surface area contributed by atoms with Crippen LogP contribution in [0.2, 0.25) is 0 Å². The first kappa shape index (κ1) is 15.3. The minimum Gasteiger partial charge on any atom is -0.342 e. The van der Waals surface area contributed by atoms with Crippen molar-refractivity contribution in [3.63, 3.8) is 0 Å². The van der Waals surface area contributed by atoms with E-state index in [1.54, 1.807) is 6.92 Å². The maximum atomic E-state index is 12.6. The van der Waals surface area contributed by atoms with Crippen LogP contribution in [0.15, 0.2) is 4.79 Å². The SMILES string of the molecule is Cc1nc(=O)[nH]c(C)c1CC(=O)N1CC[C@@H]2CCCC[C@@H]2C1. The van der Waals surface area contributed by atoms with Gasteiger partial charge in [-0.05, 0) is 38.5 Å². The van der Waals surface area contributed by atoms with Crippen molar-refractivity contribution in [3.05, 3.63) is 27.4 Å². The van der Waals surface area contributed by atoms with Crippen molar-refractivity contribution in [2.24, 2.45) is 11.8 Å². The lowest BCUT2D eigenvalue weighted by molar-refractivity contribution is -0.133. The van der Waals surface area contributed by atoms with Gasteiger partial charge in [-0.2, -0.15) is 4.98 Å². The lowest BCUT2D eigenvalue weighted by Gasteiger charge is -2.41. The number of nitrogens with zero attached hydrogens (tertiary/aromatic N) is 2. The lowest BCUT2D eigenvalue weighted by atomic mass is 9.75. The first-order valence-electron chi connectivity index (χ1n) is 8.38. The average molecular weight is 303 g/mol. The summed E-state index contributed by atoms with van der Waals surface area (Å²) in [4.78, 5) is 32.6. The predicted octanol–water partition coefficient (Wildman–Crippen LogP) is 1.97. The summed E-state index contributed by atoms with van der Waals surface area (Å²) in [7, 11) is 0. The fraction of sp³-hybridized carbons (Fsp3) is 0.706. The number of hydrogen-bond donors (Lipinski definition) is 1. The van der Waals surface area contributed by atoms with E-state index in [0.29, 0.717) is 18.0 Å². The van der Waals surface area contributed by atoms with E-state index in [-0.39, 0.29) is 11.6 Å². The smallest absolute Gasteiger partial charge is 0.342 e. The zero-order valence-electron chi connectivity index (χ0n) is 13.5. The van der Waals surface area contributed by atoms with Crippen LogP contribution in [0.3, 0.4) is 0 Å². The Labute approximate surface area is 131 Å². The normalized spacial score (nSPS) is 24.9. The van der Waals surface area contributed by atoms with Gasteiger partial charge in [-0.25, -0.2) is 4.79 Å². The van der Waals surface area contributed by atoms with Crippen LogP contribution in [-0.4, -0.2) is 33.9 Å². The molecule has 0 radical (unpaired) electrons. The van der Waals surface area contributed by atoms with Crippen LogP contribution >= 0.6 is 0 Å². The van der Waals surface area contributed by atoms with Crippen molar-refractivity contribution < 1.29 is 4.79 Å². The van der Waals surface area contributed by atoms with Gasteiger partial charge in [-0.15, -0.1) is 0 Å². The Morgan fingerprint density at radius 3 is 2.68 bits per heavy atom. The number of aromatic amines is 1. The molecule has 2 aliphatic rings. The molecule has 0 aromatic carbocycles. The van der Waals surface area contributed by atoms with E-state index < -0.39 is 0 Å². The molecule has 1 aliphatic carbocycles. The zero-order valence-corrected chi connectivity index (χ0v) is 13.5. The number of rotatable bonds is 2. The second kappa shape index (κ2) is 6.23. The van der Waals surface area contributed by atoms with Gasteiger partial charge in [-0.3, -0.25) is 4.79 Å². The number of carbonyl (C=O) groups is 1. The summed E-state index contributed by atoms with van der Waals surface area (Å²) < 4.78 is 0. The molecule has 2 atom stereocenters. The lowest BCUT2D eigenvalue weighted by Crippen LogP contribution is -2.45. The Hall–Kier alpha value is -1.65. The van der Waals surface area contributed by atoms with Gasteiger partial charge in [0.15, 0.2) is 0 Å². The number of hydrogen-bond acceptors (Lipinski definition) is 3. The van der Waals surface area contributed by atoms with E-state index in [1.807, 2.05) is 11.8 Å². The summed E-state index contributed by atoms with van der Waals surface area (Å²) in [5.74, 6) is 1.70. The van der Waals surface area contributed by atoms with E-state index in [0.717, 1.165) is 36.7 Å². The number of aromatic nitrogens is 2. The maximum absolute atomic E-state index is 12.6. The monoisotopic (exact) mass is 303 g/mol. The average Bonchev–Trinajstić information content (AvgIpc) is 2.50. The zero-order chi connectivity index (χ0) is 15.7. The minimum atomic E-state index is -0.339. The van der Waals surface area contributed by atoms with Gasteiger partial charge in [0, 0.05) is 30.0 Å². The fourth-order valence-corrected chi connectivity index (χ4v) is 4.11. The summed E-state index contributed by atoms with van der Waals surface area (Å²) in [5.41, 5.74) is 1.96. The van der Waals surface area contributed by atoms with Gasteiger partial charge in [-0.1, -0.05) is 19.3 Å². The van der Waals surface area contributed by atoms with E-state index in [4.69, 9.17) is 0 Å². The molecule has 22 heavy (non-hydrogen) atoms. The molecule has 5 nitrogen and oxygen atoms in total. The van der Waals surface area contributed by atoms with Gasteiger partial charge >= 0.3 is 5.69 Å². The van der Waals surface area contributed by atoms with Crippen molar-refractivity contribution >= 4 is 5.91 Å². The molecule has 0 spiro atoms. The highest BCUT2D eigenvalue weighted by Gasteiger charge is 2.33. The molecular formula is C17H25N3O2. The molecule has 1 N–H and O–H groups in total. The van der Waals surface area contributed by atoms with Gasteiger partial charge in [0.2, 0.25) is 5.91 Å². The van der Waals surface area contributed by atoms with Gasteiger partial charge in [0.25, 0.3) is 0 Å². The molecule has 5 heteroatoms.